The first kappa shape index (κ1) is 17.9. The van der Waals surface area contributed by atoms with Crippen LogP contribution in [0.1, 0.15) is 12.6 Å². The Labute approximate surface area is 154 Å². The number of carbonyl (C=O) groups is 2. The number of amides is 2. The standard InChI is InChI=1S/C20H24N4O2/c1-17(25)24(15-18-7-5-6-10-21-18)16-20(26)23-13-11-22(12-14-23)19-8-3-2-4-9-19/h2-10H,11-16H2,1H3. The molecule has 0 radical (unpaired) electrons. The van der Waals surface area contributed by atoms with Gasteiger partial charge in [0.15, 0.2) is 0 Å². The Kier molecular flexibility index (Phi) is 5.84. The number of benzene rings is 1. The van der Waals surface area contributed by atoms with Gasteiger partial charge in [0.1, 0.15) is 6.54 Å². The van der Waals surface area contributed by atoms with Crippen molar-refractivity contribution >= 4 is 17.5 Å². The number of pyridine rings is 1. The second-order valence-corrected chi connectivity index (χ2v) is 6.40. The molecule has 0 atom stereocenters. The summed E-state index contributed by atoms with van der Waals surface area (Å²) in [4.78, 5) is 34.5. The monoisotopic (exact) mass is 352 g/mol. The average molecular weight is 352 g/mol. The molecule has 0 N–H and O–H groups in total. The van der Waals surface area contributed by atoms with Crippen LogP contribution in [0.15, 0.2) is 54.7 Å². The first-order chi connectivity index (χ1) is 12.6. The molecule has 6 nitrogen and oxygen atoms in total. The van der Waals surface area contributed by atoms with Gasteiger partial charge in [-0.3, -0.25) is 14.6 Å². The van der Waals surface area contributed by atoms with E-state index < -0.39 is 0 Å². The van der Waals surface area contributed by atoms with E-state index in [-0.39, 0.29) is 18.4 Å². The van der Waals surface area contributed by atoms with Gasteiger partial charge in [-0.05, 0) is 24.3 Å². The first-order valence-corrected chi connectivity index (χ1v) is 8.86. The number of aromatic nitrogens is 1. The molecule has 1 aromatic heterocycles. The number of nitrogens with zero attached hydrogens (tertiary/aromatic N) is 4. The van der Waals surface area contributed by atoms with Gasteiger partial charge in [0, 0.05) is 45.0 Å². The molecule has 0 bridgehead atoms. The normalized spacial score (nSPS) is 14.2. The molecule has 1 aliphatic rings. The van der Waals surface area contributed by atoms with Crippen molar-refractivity contribution in [2.45, 2.75) is 13.5 Å². The molecule has 2 amide bonds. The number of piperazine rings is 1. The molecule has 2 aromatic rings. The summed E-state index contributed by atoms with van der Waals surface area (Å²) in [5, 5.41) is 0. The van der Waals surface area contributed by atoms with E-state index in [4.69, 9.17) is 0 Å². The van der Waals surface area contributed by atoms with E-state index in [9.17, 15) is 9.59 Å². The maximum Gasteiger partial charge on any atom is 0.242 e. The molecule has 0 saturated carbocycles. The highest BCUT2D eigenvalue weighted by molar-refractivity contribution is 5.84. The van der Waals surface area contributed by atoms with Crippen molar-refractivity contribution in [3.05, 3.63) is 60.4 Å². The predicted molar refractivity (Wildman–Crippen MR) is 101 cm³/mol. The third-order valence-electron chi connectivity index (χ3n) is 4.60. The van der Waals surface area contributed by atoms with Gasteiger partial charge in [0.25, 0.3) is 0 Å². The fraction of sp³-hybridized carbons (Fsp3) is 0.350. The van der Waals surface area contributed by atoms with Gasteiger partial charge in [-0.1, -0.05) is 24.3 Å². The number of hydrogen-bond acceptors (Lipinski definition) is 4. The van der Waals surface area contributed by atoms with Crippen molar-refractivity contribution in [3.63, 3.8) is 0 Å². The van der Waals surface area contributed by atoms with Gasteiger partial charge in [-0.25, -0.2) is 0 Å². The number of anilines is 1. The summed E-state index contributed by atoms with van der Waals surface area (Å²) in [5.41, 5.74) is 1.96. The van der Waals surface area contributed by atoms with Crippen molar-refractivity contribution in [2.75, 3.05) is 37.6 Å². The Hall–Kier alpha value is -2.89. The van der Waals surface area contributed by atoms with Gasteiger partial charge < -0.3 is 14.7 Å². The quantitative estimate of drug-likeness (QED) is 0.823. The highest BCUT2D eigenvalue weighted by Gasteiger charge is 2.24. The molecule has 1 fully saturated rings. The van der Waals surface area contributed by atoms with Gasteiger partial charge >= 0.3 is 0 Å². The van der Waals surface area contributed by atoms with E-state index in [0.717, 1.165) is 18.8 Å². The van der Waals surface area contributed by atoms with Crippen molar-refractivity contribution in [3.8, 4) is 0 Å². The summed E-state index contributed by atoms with van der Waals surface area (Å²) in [6.07, 6.45) is 1.69. The molecule has 26 heavy (non-hydrogen) atoms. The topological polar surface area (TPSA) is 56.8 Å². The first-order valence-electron chi connectivity index (χ1n) is 8.86. The summed E-state index contributed by atoms with van der Waals surface area (Å²) >= 11 is 0. The van der Waals surface area contributed by atoms with Crippen LogP contribution in [0.3, 0.4) is 0 Å². The molecule has 136 valence electrons. The number of rotatable bonds is 5. The van der Waals surface area contributed by atoms with Gasteiger partial charge in [0.05, 0.1) is 12.2 Å². The highest BCUT2D eigenvalue weighted by Crippen LogP contribution is 2.15. The van der Waals surface area contributed by atoms with Crippen LogP contribution in [0, 0.1) is 0 Å². The zero-order valence-electron chi connectivity index (χ0n) is 15.0. The van der Waals surface area contributed by atoms with Crippen LogP contribution in [-0.2, 0) is 16.1 Å². The zero-order valence-corrected chi connectivity index (χ0v) is 15.0. The zero-order chi connectivity index (χ0) is 18.4. The third-order valence-corrected chi connectivity index (χ3v) is 4.60. The van der Waals surface area contributed by atoms with Crippen molar-refractivity contribution in [1.29, 1.82) is 0 Å². The van der Waals surface area contributed by atoms with Crippen LogP contribution in [0.4, 0.5) is 5.69 Å². The van der Waals surface area contributed by atoms with E-state index in [1.807, 2.05) is 41.3 Å². The summed E-state index contributed by atoms with van der Waals surface area (Å²) in [6.45, 7) is 4.88. The molecule has 6 heteroatoms. The maximum absolute atomic E-state index is 12.6. The lowest BCUT2D eigenvalue weighted by molar-refractivity contribution is -0.140. The lowest BCUT2D eigenvalue weighted by Gasteiger charge is -2.37. The van der Waals surface area contributed by atoms with Crippen LogP contribution in [0.2, 0.25) is 0 Å². The number of carbonyl (C=O) groups excluding carboxylic acids is 2. The average Bonchev–Trinajstić information content (AvgIpc) is 2.69. The third kappa shape index (κ3) is 4.59. The molecule has 0 aliphatic carbocycles. The molecule has 1 saturated heterocycles. The fourth-order valence-electron chi connectivity index (χ4n) is 3.08. The van der Waals surface area contributed by atoms with Crippen LogP contribution in [0.25, 0.3) is 0 Å². The van der Waals surface area contributed by atoms with Crippen LogP contribution < -0.4 is 4.90 Å². The van der Waals surface area contributed by atoms with E-state index in [1.165, 1.54) is 12.6 Å². The molecule has 1 aromatic carbocycles. The Bertz CT molecular complexity index is 728. The minimum absolute atomic E-state index is 0.0103. The maximum atomic E-state index is 12.6. The minimum atomic E-state index is -0.119. The minimum Gasteiger partial charge on any atom is -0.368 e. The fourth-order valence-corrected chi connectivity index (χ4v) is 3.08. The second kappa shape index (κ2) is 8.47. The van der Waals surface area contributed by atoms with E-state index in [2.05, 4.69) is 22.0 Å². The van der Waals surface area contributed by atoms with Crippen molar-refractivity contribution < 1.29 is 9.59 Å². The molecular formula is C20H24N4O2. The smallest absolute Gasteiger partial charge is 0.242 e. The van der Waals surface area contributed by atoms with Crippen LogP contribution in [-0.4, -0.2) is 59.3 Å². The predicted octanol–water partition coefficient (Wildman–Crippen LogP) is 1.78. The largest absolute Gasteiger partial charge is 0.368 e. The van der Waals surface area contributed by atoms with Crippen LogP contribution in [0.5, 0.6) is 0 Å². The van der Waals surface area contributed by atoms with Gasteiger partial charge in [-0.2, -0.15) is 0 Å². The van der Waals surface area contributed by atoms with E-state index in [1.54, 1.807) is 11.1 Å². The van der Waals surface area contributed by atoms with Gasteiger partial charge in [0.2, 0.25) is 11.8 Å². The van der Waals surface area contributed by atoms with Crippen LogP contribution >= 0.6 is 0 Å². The molecular weight excluding hydrogens is 328 g/mol. The number of hydrogen-bond donors (Lipinski definition) is 0. The molecule has 0 spiro atoms. The summed E-state index contributed by atoms with van der Waals surface area (Å²) in [5.74, 6) is -0.129. The van der Waals surface area contributed by atoms with Crippen molar-refractivity contribution in [1.82, 2.24) is 14.8 Å². The van der Waals surface area contributed by atoms with Gasteiger partial charge in [-0.15, -0.1) is 0 Å². The molecule has 0 unspecified atom stereocenters. The lowest BCUT2D eigenvalue weighted by atomic mass is 10.2. The Morgan fingerprint density at radius 1 is 1.00 bits per heavy atom. The molecule has 1 aliphatic heterocycles. The SMILES string of the molecule is CC(=O)N(CC(=O)N1CCN(c2ccccc2)CC1)Cc1ccccn1. The van der Waals surface area contributed by atoms with E-state index in [0.29, 0.717) is 19.6 Å². The Morgan fingerprint density at radius 3 is 2.31 bits per heavy atom. The number of para-hydroxylation sites is 1. The van der Waals surface area contributed by atoms with E-state index >= 15 is 0 Å². The molecule has 2 heterocycles. The summed E-state index contributed by atoms with van der Waals surface area (Å²) in [6, 6.07) is 15.8. The second-order valence-electron chi connectivity index (χ2n) is 6.40. The Morgan fingerprint density at radius 2 is 1.69 bits per heavy atom. The molecule has 3 rings (SSSR count). The van der Waals surface area contributed by atoms with Crippen molar-refractivity contribution in [2.24, 2.45) is 0 Å². The summed E-state index contributed by atoms with van der Waals surface area (Å²) in [7, 11) is 0. The summed E-state index contributed by atoms with van der Waals surface area (Å²) < 4.78 is 0. The highest BCUT2D eigenvalue weighted by atomic mass is 16.2. The Balaban J connectivity index is 1.54. The lowest BCUT2D eigenvalue weighted by Crippen LogP contribution is -2.51.